The van der Waals surface area contributed by atoms with E-state index in [9.17, 15) is 13.7 Å². The van der Waals surface area contributed by atoms with E-state index in [0.717, 1.165) is 17.0 Å². The molecule has 0 saturated carbocycles. The minimum absolute atomic E-state index is 0.0274. The Kier molecular flexibility index (Phi) is 5.26. The molecule has 0 radical (unpaired) electrons. The predicted octanol–water partition coefficient (Wildman–Crippen LogP) is 4.16. The monoisotopic (exact) mass is 399 g/mol. The van der Waals surface area contributed by atoms with Crippen molar-refractivity contribution < 1.29 is 8.42 Å². The van der Waals surface area contributed by atoms with Crippen LogP contribution in [0.2, 0.25) is 5.02 Å². The van der Waals surface area contributed by atoms with Crippen molar-refractivity contribution in [1.29, 1.82) is 5.26 Å². The Morgan fingerprint density at radius 1 is 1.11 bits per heavy atom. The number of hydrogen-bond donors (Lipinski definition) is 1. The van der Waals surface area contributed by atoms with Crippen LogP contribution >= 0.6 is 11.6 Å². The molecular formula is C20H18ClN3O2S. The Bertz CT molecular complexity index is 1070. The molecule has 0 spiro atoms. The summed E-state index contributed by atoms with van der Waals surface area (Å²) in [5, 5.41) is 13.2. The van der Waals surface area contributed by atoms with Crippen molar-refractivity contribution in [2.24, 2.45) is 0 Å². The SMILES string of the molecule is CC1=C(C)N(Cc2ccccc2)C(=C(C#N)S(=O)(=O)c2ccc(Cl)cc2)N1. The van der Waals surface area contributed by atoms with Crippen molar-refractivity contribution in [3.05, 3.63) is 87.3 Å². The summed E-state index contributed by atoms with van der Waals surface area (Å²) in [7, 11) is -3.99. The van der Waals surface area contributed by atoms with Crippen LogP contribution in [0.15, 0.2) is 81.6 Å². The van der Waals surface area contributed by atoms with E-state index in [1.165, 1.54) is 24.3 Å². The number of nitrogens with zero attached hydrogens (tertiary/aromatic N) is 2. The van der Waals surface area contributed by atoms with Gasteiger partial charge < -0.3 is 10.2 Å². The maximum absolute atomic E-state index is 13.1. The van der Waals surface area contributed by atoms with Crippen LogP contribution in [0.25, 0.3) is 0 Å². The van der Waals surface area contributed by atoms with E-state index in [4.69, 9.17) is 11.6 Å². The van der Waals surface area contributed by atoms with Crippen LogP contribution in [0, 0.1) is 11.3 Å². The molecule has 0 unspecified atom stereocenters. The first-order chi connectivity index (χ1) is 12.8. The smallest absolute Gasteiger partial charge is 0.220 e. The number of nitriles is 1. The molecule has 138 valence electrons. The first kappa shape index (κ1) is 19.0. The van der Waals surface area contributed by atoms with Gasteiger partial charge in [0.2, 0.25) is 9.84 Å². The summed E-state index contributed by atoms with van der Waals surface area (Å²) in [6, 6.07) is 17.3. The summed E-state index contributed by atoms with van der Waals surface area (Å²) in [5.74, 6) is 0.270. The average Bonchev–Trinajstić information content (AvgIpc) is 2.91. The molecule has 3 rings (SSSR count). The lowest BCUT2D eigenvalue weighted by Gasteiger charge is -2.22. The normalized spacial score (nSPS) is 16.1. The molecule has 0 bridgehead atoms. The molecule has 27 heavy (non-hydrogen) atoms. The van der Waals surface area contributed by atoms with E-state index in [0.29, 0.717) is 11.6 Å². The molecule has 0 atom stereocenters. The number of sulfone groups is 1. The summed E-state index contributed by atoms with van der Waals surface area (Å²) in [4.78, 5) is 1.52. The highest BCUT2D eigenvalue weighted by Gasteiger charge is 2.32. The molecule has 1 N–H and O–H groups in total. The first-order valence-corrected chi connectivity index (χ1v) is 10.1. The largest absolute Gasteiger partial charge is 0.342 e. The Labute approximate surface area is 164 Å². The fourth-order valence-electron chi connectivity index (χ4n) is 2.82. The van der Waals surface area contributed by atoms with Crippen LogP contribution in [-0.4, -0.2) is 13.3 Å². The maximum atomic E-state index is 13.1. The van der Waals surface area contributed by atoms with Gasteiger partial charge in [0, 0.05) is 23.0 Å². The first-order valence-electron chi connectivity index (χ1n) is 8.25. The number of allylic oxidation sites excluding steroid dienone is 3. The number of rotatable bonds is 4. The molecule has 0 aliphatic carbocycles. The van der Waals surface area contributed by atoms with Gasteiger partial charge in [-0.25, -0.2) is 8.42 Å². The van der Waals surface area contributed by atoms with Crippen LogP contribution in [0.1, 0.15) is 19.4 Å². The highest BCUT2D eigenvalue weighted by Crippen LogP contribution is 2.31. The van der Waals surface area contributed by atoms with Crippen molar-refractivity contribution in [3.63, 3.8) is 0 Å². The van der Waals surface area contributed by atoms with Crippen molar-refractivity contribution in [1.82, 2.24) is 10.2 Å². The van der Waals surface area contributed by atoms with E-state index >= 15 is 0 Å². The van der Waals surface area contributed by atoms with Gasteiger partial charge in [0.05, 0.1) is 4.90 Å². The molecule has 1 aliphatic rings. The zero-order valence-electron chi connectivity index (χ0n) is 14.9. The average molecular weight is 400 g/mol. The van der Waals surface area contributed by atoms with E-state index < -0.39 is 9.84 Å². The fourth-order valence-corrected chi connectivity index (χ4v) is 4.21. The van der Waals surface area contributed by atoms with E-state index in [1.54, 1.807) is 0 Å². The van der Waals surface area contributed by atoms with Gasteiger partial charge in [-0.05, 0) is 43.7 Å². The van der Waals surface area contributed by atoms with Gasteiger partial charge in [-0.2, -0.15) is 5.26 Å². The highest BCUT2D eigenvalue weighted by atomic mass is 35.5. The molecule has 1 aliphatic heterocycles. The van der Waals surface area contributed by atoms with Crippen molar-refractivity contribution >= 4 is 21.4 Å². The molecule has 2 aromatic rings. The second kappa shape index (κ2) is 7.47. The Hall–Kier alpha value is -2.75. The molecule has 0 saturated heterocycles. The van der Waals surface area contributed by atoms with Gasteiger partial charge in [0.15, 0.2) is 4.91 Å². The second-order valence-electron chi connectivity index (χ2n) is 6.15. The molecule has 0 aromatic heterocycles. The summed E-state index contributed by atoms with van der Waals surface area (Å²) < 4.78 is 26.1. The zero-order valence-corrected chi connectivity index (χ0v) is 16.5. The third-order valence-corrected chi connectivity index (χ3v) is 6.38. The number of nitrogens with one attached hydrogen (secondary N) is 1. The lowest BCUT2D eigenvalue weighted by molar-refractivity contribution is 0.427. The van der Waals surface area contributed by atoms with Crippen LogP contribution in [0.5, 0.6) is 0 Å². The lowest BCUT2D eigenvalue weighted by atomic mass is 10.2. The van der Waals surface area contributed by atoms with Crippen molar-refractivity contribution in [3.8, 4) is 6.07 Å². The predicted molar refractivity (Wildman–Crippen MR) is 105 cm³/mol. The topological polar surface area (TPSA) is 73.2 Å². The lowest BCUT2D eigenvalue weighted by Crippen LogP contribution is -2.25. The quantitative estimate of drug-likeness (QED) is 0.781. The van der Waals surface area contributed by atoms with Gasteiger partial charge in [-0.3, -0.25) is 0 Å². The fraction of sp³-hybridized carbons (Fsp3) is 0.150. The molecule has 0 fully saturated rings. The number of halogens is 1. The summed E-state index contributed by atoms with van der Waals surface area (Å²) in [6.07, 6.45) is 0. The van der Waals surface area contributed by atoms with E-state index in [2.05, 4.69) is 5.32 Å². The molecular weight excluding hydrogens is 382 g/mol. The van der Waals surface area contributed by atoms with Crippen LogP contribution in [0.3, 0.4) is 0 Å². The molecule has 0 amide bonds. The Morgan fingerprint density at radius 3 is 2.33 bits per heavy atom. The molecule has 2 aromatic carbocycles. The molecule has 7 heteroatoms. The third-order valence-electron chi connectivity index (χ3n) is 4.42. The van der Waals surface area contributed by atoms with Crippen molar-refractivity contribution in [2.45, 2.75) is 25.3 Å². The van der Waals surface area contributed by atoms with E-state index in [1.807, 2.05) is 55.1 Å². The maximum Gasteiger partial charge on any atom is 0.220 e. The zero-order chi connectivity index (χ0) is 19.6. The van der Waals surface area contributed by atoms with Gasteiger partial charge in [-0.1, -0.05) is 41.9 Å². The Morgan fingerprint density at radius 2 is 1.74 bits per heavy atom. The van der Waals surface area contributed by atoms with Crippen molar-refractivity contribution in [2.75, 3.05) is 0 Å². The van der Waals surface area contributed by atoms with Gasteiger partial charge >= 0.3 is 0 Å². The summed E-state index contributed by atoms with van der Waals surface area (Å²) in [6.45, 7) is 4.19. The van der Waals surface area contributed by atoms with Gasteiger partial charge in [0.1, 0.15) is 11.9 Å². The summed E-state index contributed by atoms with van der Waals surface area (Å²) in [5.41, 5.74) is 2.68. The van der Waals surface area contributed by atoms with Crippen LogP contribution < -0.4 is 5.32 Å². The molecule has 1 heterocycles. The highest BCUT2D eigenvalue weighted by molar-refractivity contribution is 7.95. The van der Waals surface area contributed by atoms with E-state index in [-0.39, 0.29) is 15.6 Å². The van der Waals surface area contributed by atoms with Crippen LogP contribution in [-0.2, 0) is 16.4 Å². The second-order valence-corrected chi connectivity index (χ2v) is 8.48. The third kappa shape index (κ3) is 3.70. The number of hydrogen-bond acceptors (Lipinski definition) is 5. The molecule has 5 nitrogen and oxygen atoms in total. The number of benzene rings is 2. The van der Waals surface area contributed by atoms with Gasteiger partial charge in [-0.15, -0.1) is 0 Å². The van der Waals surface area contributed by atoms with Gasteiger partial charge in [0.25, 0.3) is 0 Å². The minimum atomic E-state index is -3.99. The summed E-state index contributed by atoms with van der Waals surface area (Å²) >= 11 is 5.85. The minimum Gasteiger partial charge on any atom is -0.342 e. The standard InChI is InChI=1S/C20H18ClN3O2S/c1-14-15(2)24(13-16-6-4-3-5-7-16)20(23-14)19(12-22)27(25,26)18-10-8-17(21)9-11-18/h3-11,23H,13H2,1-2H3. The van der Waals surface area contributed by atoms with Crippen LogP contribution in [0.4, 0.5) is 0 Å². The Balaban J connectivity index is 2.09.